The number of aromatic amines is 1. The van der Waals surface area contributed by atoms with Crippen LogP contribution in [0.2, 0.25) is 0 Å². The third kappa shape index (κ3) is 2.56. The van der Waals surface area contributed by atoms with Crippen LogP contribution in [0.25, 0.3) is 0 Å². The predicted octanol–water partition coefficient (Wildman–Crippen LogP) is 2.19. The first-order valence-corrected chi connectivity index (χ1v) is 8.82. The second-order valence-corrected chi connectivity index (χ2v) is 7.57. The summed E-state index contributed by atoms with van der Waals surface area (Å²) in [5.41, 5.74) is 1.33. The Morgan fingerprint density at radius 1 is 1.35 bits per heavy atom. The highest BCUT2D eigenvalue weighted by Crippen LogP contribution is 2.42. The Bertz CT molecular complexity index is 634. The quantitative estimate of drug-likeness (QED) is 0.929. The highest BCUT2D eigenvalue weighted by molar-refractivity contribution is 5.96. The highest BCUT2D eigenvalue weighted by atomic mass is 16.2. The molecule has 2 aliphatic heterocycles. The van der Waals surface area contributed by atoms with Crippen LogP contribution in [0.4, 0.5) is 0 Å². The van der Waals surface area contributed by atoms with Crippen molar-refractivity contribution in [3.05, 3.63) is 23.5 Å². The molecule has 1 saturated carbocycles. The smallest absolute Gasteiger partial charge is 0.255 e. The molecule has 2 amide bonds. The second-order valence-electron chi connectivity index (χ2n) is 7.57. The molecule has 1 aromatic rings. The minimum absolute atomic E-state index is 0.0627. The van der Waals surface area contributed by atoms with Crippen molar-refractivity contribution in [2.75, 3.05) is 26.2 Å². The molecule has 0 aromatic carbocycles. The number of amides is 2. The molecule has 1 aliphatic carbocycles. The monoisotopic (exact) mass is 315 g/mol. The van der Waals surface area contributed by atoms with Crippen molar-refractivity contribution >= 4 is 11.8 Å². The van der Waals surface area contributed by atoms with E-state index in [1.807, 2.05) is 17.9 Å². The molecule has 124 valence electrons. The number of nitrogens with zero attached hydrogens (tertiary/aromatic N) is 2. The van der Waals surface area contributed by atoms with E-state index in [0.717, 1.165) is 49.5 Å². The summed E-state index contributed by atoms with van der Waals surface area (Å²) in [6.07, 6.45) is 7.18. The zero-order valence-corrected chi connectivity index (χ0v) is 13.8. The summed E-state index contributed by atoms with van der Waals surface area (Å²) in [5.74, 6) is 1.10. The Balaban J connectivity index is 1.48. The minimum atomic E-state index is -0.312. The molecule has 0 unspecified atom stereocenters. The number of aryl methyl sites for hydroxylation is 1. The number of piperidine rings is 1. The number of hydrogen-bond donors (Lipinski definition) is 1. The van der Waals surface area contributed by atoms with Gasteiger partial charge in [0, 0.05) is 38.1 Å². The van der Waals surface area contributed by atoms with E-state index in [2.05, 4.69) is 9.88 Å². The van der Waals surface area contributed by atoms with Crippen molar-refractivity contribution in [1.82, 2.24) is 14.8 Å². The van der Waals surface area contributed by atoms with Crippen LogP contribution in [-0.4, -0.2) is 52.8 Å². The summed E-state index contributed by atoms with van der Waals surface area (Å²) in [7, 11) is 0. The normalized spacial score (nSPS) is 28.0. The van der Waals surface area contributed by atoms with Crippen LogP contribution in [0.15, 0.2) is 12.3 Å². The molecular weight excluding hydrogens is 290 g/mol. The summed E-state index contributed by atoms with van der Waals surface area (Å²) in [6.45, 7) is 5.05. The van der Waals surface area contributed by atoms with Gasteiger partial charge in [-0.25, -0.2) is 0 Å². The average molecular weight is 315 g/mol. The number of carbonyl (C=O) groups excluding carboxylic acids is 2. The van der Waals surface area contributed by atoms with Crippen molar-refractivity contribution in [3.8, 4) is 0 Å². The largest absolute Gasteiger partial charge is 0.365 e. The summed E-state index contributed by atoms with van der Waals surface area (Å²) < 4.78 is 0. The molecular formula is C18H25N3O2. The highest BCUT2D eigenvalue weighted by Gasteiger charge is 2.50. The van der Waals surface area contributed by atoms with Crippen LogP contribution in [-0.2, 0) is 4.79 Å². The number of H-pyrrole nitrogens is 1. The molecule has 0 radical (unpaired) electrons. The molecule has 3 fully saturated rings. The third-order valence-electron chi connectivity index (χ3n) is 5.83. The van der Waals surface area contributed by atoms with Crippen molar-refractivity contribution in [2.45, 2.75) is 39.0 Å². The van der Waals surface area contributed by atoms with Gasteiger partial charge in [-0.1, -0.05) is 0 Å². The van der Waals surface area contributed by atoms with Gasteiger partial charge < -0.3 is 14.8 Å². The lowest BCUT2D eigenvalue weighted by molar-refractivity contribution is -0.145. The second kappa shape index (κ2) is 5.39. The topological polar surface area (TPSA) is 56.4 Å². The Morgan fingerprint density at radius 2 is 2.17 bits per heavy atom. The van der Waals surface area contributed by atoms with Gasteiger partial charge in [0.15, 0.2) is 0 Å². The Labute approximate surface area is 137 Å². The first kappa shape index (κ1) is 14.8. The van der Waals surface area contributed by atoms with Gasteiger partial charge in [0.25, 0.3) is 5.91 Å². The Hall–Kier alpha value is -1.78. The van der Waals surface area contributed by atoms with Crippen molar-refractivity contribution in [1.29, 1.82) is 0 Å². The summed E-state index contributed by atoms with van der Waals surface area (Å²) in [5, 5.41) is 0. The maximum Gasteiger partial charge on any atom is 0.255 e. The fourth-order valence-corrected chi connectivity index (χ4v) is 4.22. The Morgan fingerprint density at radius 3 is 2.87 bits per heavy atom. The maximum absolute atomic E-state index is 13.0. The maximum atomic E-state index is 13.0. The Kier molecular flexibility index (Phi) is 3.47. The lowest BCUT2D eigenvalue weighted by Gasteiger charge is -2.39. The lowest BCUT2D eigenvalue weighted by atomic mass is 9.78. The SMILES string of the molecule is Cc1[nH]ccc1C(=O)N1CC[C@@]2(CCCN(CC3CC3)C2=O)C1. The first-order chi connectivity index (χ1) is 11.1. The number of nitrogens with one attached hydrogen (secondary N) is 1. The van der Waals surface area contributed by atoms with Gasteiger partial charge in [-0.05, 0) is 51.0 Å². The van der Waals surface area contributed by atoms with Gasteiger partial charge in [0.2, 0.25) is 5.91 Å². The molecule has 4 rings (SSSR count). The molecule has 5 heteroatoms. The molecule has 3 aliphatic rings. The van der Waals surface area contributed by atoms with Gasteiger partial charge in [-0.15, -0.1) is 0 Å². The van der Waals surface area contributed by atoms with Crippen LogP contribution in [0.3, 0.4) is 0 Å². The fraction of sp³-hybridized carbons (Fsp3) is 0.667. The standard InChI is InChI=1S/C18H25N3O2/c1-13-15(5-8-19-13)16(22)21-10-7-18(12-21)6-2-9-20(17(18)23)11-14-3-4-14/h5,8,14,19H,2-4,6-7,9-12H2,1H3/t18-/m0/s1. The fourth-order valence-electron chi connectivity index (χ4n) is 4.22. The molecule has 1 aromatic heterocycles. The predicted molar refractivity (Wildman–Crippen MR) is 87.0 cm³/mol. The summed E-state index contributed by atoms with van der Waals surface area (Å²) in [4.78, 5) is 32.8. The van der Waals surface area contributed by atoms with Crippen molar-refractivity contribution < 1.29 is 9.59 Å². The van der Waals surface area contributed by atoms with Crippen LogP contribution in [0, 0.1) is 18.3 Å². The van der Waals surface area contributed by atoms with E-state index in [1.165, 1.54) is 12.8 Å². The van der Waals surface area contributed by atoms with Crippen LogP contribution >= 0.6 is 0 Å². The number of rotatable bonds is 3. The molecule has 1 atom stereocenters. The van der Waals surface area contributed by atoms with Gasteiger partial charge in [-0.2, -0.15) is 0 Å². The van der Waals surface area contributed by atoms with E-state index in [1.54, 1.807) is 6.20 Å². The molecule has 1 N–H and O–H groups in total. The lowest BCUT2D eigenvalue weighted by Crippen LogP contribution is -2.50. The van der Waals surface area contributed by atoms with E-state index in [0.29, 0.717) is 19.0 Å². The van der Waals surface area contributed by atoms with E-state index in [4.69, 9.17) is 0 Å². The number of likely N-dealkylation sites (tertiary alicyclic amines) is 2. The van der Waals surface area contributed by atoms with Crippen LogP contribution in [0.5, 0.6) is 0 Å². The molecule has 2 saturated heterocycles. The molecule has 5 nitrogen and oxygen atoms in total. The van der Waals surface area contributed by atoms with E-state index >= 15 is 0 Å². The number of hydrogen-bond acceptors (Lipinski definition) is 2. The summed E-state index contributed by atoms with van der Waals surface area (Å²) >= 11 is 0. The van der Waals surface area contributed by atoms with Gasteiger partial charge >= 0.3 is 0 Å². The van der Waals surface area contributed by atoms with E-state index in [-0.39, 0.29) is 11.3 Å². The first-order valence-electron chi connectivity index (χ1n) is 8.82. The van der Waals surface area contributed by atoms with Gasteiger partial charge in [-0.3, -0.25) is 9.59 Å². The minimum Gasteiger partial charge on any atom is -0.365 e. The van der Waals surface area contributed by atoms with Crippen LogP contribution in [0.1, 0.15) is 48.2 Å². The molecule has 0 bridgehead atoms. The molecule has 3 heterocycles. The van der Waals surface area contributed by atoms with E-state index < -0.39 is 0 Å². The van der Waals surface area contributed by atoms with Crippen molar-refractivity contribution in [3.63, 3.8) is 0 Å². The average Bonchev–Trinajstić information content (AvgIpc) is 3.08. The van der Waals surface area contributed by atoms with Crippen LogP contribution < -0.4 is 0 Å². The van der Waals surface area contributed by atoms with E-state index in [9.17, 15) is 9.59 Å². The number of aromatic nitrogens is 1. The molecule has 1 spiro atoms. The third-order valence-corrected chi connectivity index (χ3v) is 5.83. The molecule has 23 heavy (non-hydrogen) atoms. The van der Waals surface area contributed by atoms with Crippen molar-refractivity contribution in [2.24, 2.45) is 11.3 Å². The van der Waals surface area contributed by atoms with Gasteiger partial charge in [0.1, 0.15) is 0 Å². The number of carbonyl (C=O) groups is 2. The van der Waals surface area contributed by atoms with Gasteiger partial charge in [0.05, 0.1) is 11.0 Å². The zero-order valence-electron chi connectivity index (χ0n) is 13.8. The zero-order chi connectivity index (χ0) is 16.0. The summed E-state index contributed by atoms with van der Waals surface area (Å²) in [6, 6.07) is 1.84.